The SMILES string of the molecule is O=C(NO)C1(S(=O)(=O)c2ccc(OCCCc3cc(-c4ccc(OC(F)(F)F)cc4)cs3)cc2)CCOCC1. The summed E-state index contributed by atoms with van der Waals surface area (Å²) in [4.78, 5) is 13.4. The van der Waals surface area contributed by atoms with E-state index in [1.54, 1.807) is 12.1 Å². The number of amides is 1. The van der Waals surface area contributed by atoms with Gasteiger partial charge in [0.15, 0.2) is 14.6 Å². The van der Waals surface area contributed by atoms with Crippen LogP contribution in [0.4, 0.5) is 13.2 Å². The van der Waals surface area contributed by atoms with Gasteiger partial charge in [-0.05, 0) is 84.7 Å². The van der Waals surface area contributed by atoms with Crippen LogP contribution in [0.5, 0.6) is 11.5 Å². The number of nitrogens with one attached hydrogen (secondary N) is 1. The molecule has 2 heterocycles. The summed E-state index contributed by atoms with van der Waals surface area (Å²) in [6.07, 6.45) is -3.47. The second kappa shape index (κ2) is 11.9. The predicted molar refractivity (Wildman–Crippen MR) is 137 cm³/mol. The van der Waals surface area contributed by atoms with Gasteiger partial charge in [-0.25, -0.2) is 13.9 Å². The number of carbonyl (C=O) groups excluding carboxylic acids is 1. The molecule has 3 aromatic rings. The number of carbonyl (C=O) groups is 1. The number of halogens is 3. The Hall–Kier alpha value is -3.13. The zero-order valence-corrected chi connectivity index (χ0v) is 22.2. The monoisotopic (exact) mass is 585 g/mol. The van der Waals surface area contributed by atoms with Crippen LogP contribution in [0, 0.1) is 0 Å². The van der Waals surface area contributed by atoms with Crippen LogP contribution in [0.1, 0.15) is 24.1 Å². The number of alkyl halides is 3. The van der Waals surface area contributed by atoms with Crippen molar-refractivity contribution in [3.8, 4) is 22.6 Å². The van der Waals surface area contributed by atoms with Crippen molar-refractivity contribution < 1.29 is 45.8 Å². The van der Waals surface area contributed by atoms with Crippen LogP contribution in [-0.4, -0.2) is 50.5 Å². The van der Waals surface area contributed by atoms with Crippen molar-refractivity contribution in [2.24, 2.45) is 0 Å². The Labute approximate surface area is 227 Å². The minimum absolute atomic E-state index is 0.0514. The Morgan fingerprint density at radius 3 is 2.28 bits per heavy atom. The summed E-state index contributed by atoms with van der Waals surface area (Å²) in [6.45, 7) is 0.544. The lowest BCUT2D eigenvalue weighted by molar-refractivity contribution is -0.274. The van der Waals surface area contributed by atoms with E-state index in [0.717, 1.165) is 16.0 Å². The van der Waals surface area contributed by atoms with Crippen LogP contribution in [-0.2, 0) is 25.8 Å². The van der Waals surface area contributed by atoms with E-state index in [4.69, 9.17) is 14.7 Å². The molecule has 2 aromatic carbocycles. The van der Waals surface area contributed by atoms with Gasteiger partial charge in [0.2, 0.25) is 0 Å². The third kappa shape index (κ3) is 6.72. The van der Waals surface area contributed by atoms with Crippen molar-refractivity contribution in [2.75, 3.05) is 19.8 Å². The molecule has 2 N–H and O–H groups in total. The molecule has 0 atom stereocenters. The summed E-state index contributed by atoms with van der Waals surface area (Å²) in [6, 6.07) is 13.5. The lowest BCUT2D eigenvalue weighted by Crippen LogP contribution is -2.54. The van der Waals surface area contributed by atoms with Gasteiger partial charge in [0.1, 0.15) is 11.5 Å². The Morgan fingerprint density at radius 2 is 1.67 bits per heavy atom. The zero-order chi connectivity index (χ0) is 28.1. The van der Waals surface area contributed by atoms with Gasteiger partial charge in [-0.1, -0.05) is 12.1 Å². The summed E-state index contributed by atoms with van der Waals surface area (Å²) in [5, 5.41) is 11.1. The Balaban J connectivity index is 1.30. The van der Waals surface area contributed by atoms with E-state index in [0.29, 0.717) is 25.2 Å². The van der Waals surface area contributed by atoms with Gasteiger partial charge in [-0.15, -0.1) is 24.5 Å². The van der Waals surface area contributed by atoms with Crippen molar-refractivity contribution >= 4 is 27.1 Å². The van der Waals surface area contributed by atoms with Crippen LogP contribution in [0.3, 0.4) is 0 Å². The molecule has 210 valence electrons. The molecule has 13 heteroatoms. The maximum atomic E-state index is 13.3. The Bertz CT molecular complexity index is 1370. The summed E-state index contributed by atoms with van der Waals surface area (Å²) < 4.78 is 76.6. The van der Waals surface area contributed by atoms with Crippen molar-refractivity contribution in [3.05, 3.63) is 64.9 Å². The van der Waals surface area contributed by atoms with Crippen LogP contribution < -0.4 is 15.0 Å². The first-order valence-electron chi connectivity index (χ1n) is 12.0. The zero-order valence-electron chi connectivity index (χ0n) is 20.6. The molecule has 4 rings (SSSR count). The predicted octanol–water partition coefficient (Wildman–Crippen LogP) is 5.15. The second-order valence-electron chi connectivity index (χ2n) is 8.85. The number of hydroxylamine groups is 1. The molecule has 0 aliphatic carbocycles. The van der Waals surface area contributed by atoms with Gasteiger partial charge in [0, 0.05) is 18.1 Å². The quantitative estimate of drug-likeness (QED) is 0.192. The van der Waals surface area contributed by atoms with Crippen molar-refractivity contribution in [2.45, 2.75) is 41.7 Å². The van der Waals surface area contributed by atoms with Gasteiger partial charge in [-0.2, -0.15) is 0 Å². The third-order valence-corrected chi connectivity index (χ3v) is 9.89. The molecule has 0 unspecified atom stereocenters. The molecule has 1 fully saturated rings. The van der Waals surface area contributed by atoms with E-state index in [1.807, 2.05) is 11.4 Å². The fourth-order valence-corrected chi connectivity index (χ4v) is 7.19. The molecule has 8 nitrogen and oxygen atoms in total. The number of aryl methyl sites for hydroxylation is 1. The molecule has 1 saturated heterocycles. The summed E-state index contributed by atoms with van der Waals surface area (Å²) in [5.74, 6) is -0.784. The van der Waals surface area contributed by atoms with E-state index >= 15 is 0 Å². The molecule has 0 saturated carbocycles. The van der Waals surface area contributed by atoms with Crippen LogP contribution >= 0.6 is 11.3 Å². The molecular formula is C26H26F3NO7S2. The van der Waals surface area contributed by atoms with Gasteiger partial charge >= 0.3 is 6.36 Å². The lowest BCUT2D eigenvalue weighted by Gasteiger charge is -2.34. The highest BCUT2D eigenvalue weighted by Gasteiger charge is 2.52. The number of rotatable bonds is 10. The largest absolute Gasteiger partial charge is 0.573 e. The Kier molecular flexibility index (Phi) is 8.84. The standard InChI is InChI=1S/C26H26F3NO7S2/c27-26(28,29)37-21-5-3-18(4-6-21)19-16-22(38-17-19)2-1-13-36-20-7-9-23(10-8-20)39(33,34)25(24(31)30-32)11-14-35-15-12-25/h3-10,16-17,32H,1-2,11-15H2,(H,30,31). The molecule has 1 aromatic heterocycles. The van der Waals surface area contributed by atoms with Crippen molar-refractivity contribution in [3.63, 3.8) is 0 Å². The molecular weight excluding hydrogens is 559 g/mol. The van der Waals surface area contributed by atoms with Gasteiger partial charge in [0.25, 0.3) is 5.91 Å². The van der Waals surface area contributed by atoms with Crippen LogP contribution in [0.2, 0.25) is 0 Å². The fourth-order valence-electron chi connectivity index (χ4n) is 4.31. The van der Waals surface area contributed by atoms with E-state index in [9.17, 15) is 26.4 Å². The molecule has 1 amide bonds. The summed E-state index contributed by atoms with van der Waals surface area (Å²) in [5.41, 5.74) is 3.16. The van der Waals surface area contributed by atoms with Crippen LogP contribution in [0.15, 0.2) is 64.9 Å². The minimum Gasteiger partial charge on any atom is -0.494 e. The van der Waals surface area contributed by atoms with E-state index in [2.05, 4.69) is 4.74 Å². The first-order valence-corrected chi connectivity index (χ1v) is 14.3. The second-order valence-corrected chi connectivity index (χ2v) is 12.1. The van der Waals surface area contributed by atoms with E-state index in [1.165, 1.54) is 53.2 Å². The van der Waals surface area contributed by atoms with Crippen molar-refractivity contribution in [1.29, 1.82) is 0 Å². The maximum absolute atomic E-state index is 13.3. The first-order chi connectivity index (χ1) is 18.5. The summed E-state index contributed by atoms with van der Waals surface area (Å²) >= 11 is 1.53. The number of thiophene rings is 1. The van der Waals surface area contributed by atoms with Crippen LogP contribution in [0.25, 0.3) is 11.1 Å². The average molecular weight is 586 g/mol. The highest BCUT2D eigenvalue weighted by atomic mass is 32.2. The number of benzene rings is 2. The highest BCUT2D eigenvalue weighted by molar-refractivity contribution is 7.93. The molecule has 39 heavy (non-hydrogen) atoms. The Morgan fingerprint density at radius 1 is 1.03 bits per heavy atom. The third-order valence-electron chi connectivity index (χ3n) is 6.38. The topological polar surface area (TPSA) is 111 Å². The van der Waals surface area contributed by atoms with Gasteiger partial charge in [-0.3, -0.25) is 10.0 Å². The number of hydrogen-bond acceptors (Lipinski definition) is 8. The highest BCUT2D eigenvalue weighted by Crippen LogP contribution is 2.36. The van der Waals surface area contributed by atoms with Crippen molar-refractivity contribution in [1.82, 2.24) is 5.48 Å². The fraction of sp³-hybridized carbons (Fsp3) is 0.346. The average Bonchev–Trinajstić information content (AvgIpc) is 3.39. The molecule has 1 aliphatic rings. The summed E-state index contributed by atoms with van der Waals surface area (Å²) in [7, 11) is -4.11. The number of sulfone groups is 1. The maximum Gasteiger partial charge on any atom is 0.573 e. The molecule has 0 bridgehead atoms. The van der Waals surface area contributed by atoms with E-state index < -0.39 is 26.9 Å². The normalized spacial score (nSPS) is 15.5. The number of hydrogen-bond donors (Lipinski definition) is 2. The van der Waals surface area contributed by atoms with Gasteiger partial charge < -0.3 is 14.2 Å². The molecule has 1 aliphatic heterocycles. The first kappa shape index (κ1) is 28.9. The smallest absolute Gasteiger partial charge is 0.494 e. The van der Waals surface area contributed by atoms with Gasteiger partial charge in [0.05, 0.1) is 11.5 Å². The lowest BCUT2D eigenvalue weighted by atomic mass is 9.98. The van der Waals surface area contributed by atoms with E-state index in [-0.39, 0.29) is 36.7 Å². The number of ether oxygens (including phenoxy) is 3. The molecule has 0 radical (unpaired) electrons. The minimum atomic E-state index is -4.73. The molecule has 0 spiro atoms.